The molecule has 0 fully saturated rings. The molecule has 0 radical (unpaired) electrons. The standard InChI is InChI=1S/C11H8N2O/c1-2-4-9-8(3-1)11-10(7-13-9)14-6-5-12-11/h1-5,7H,6H2. The summed E-state index contributed by atoms with van der Waals surface area (Å²) in [6, 6.07) is 7.93. The molecule has 0 N–H and O–H groups in total. The lowest BCUT2D eigenvalue weighted by molar-refractivity contribution is 0.376. The lowest BCUT2D eigenvalue weighted by Crippen LogP contribution is -2.03. The molecule has 2 heterocycles. The molecule has 2 aromatic rings. The van der Waals surface area contributed by atoms with E-state index in [4.69, 9.17) is 4.74 Å². The van der Waals surface area contributed by atoms with Gasteiger partial charge in [-0.05, 0) is 6.07 Å². The van der Waals surface area contributed by atoms with E-state index in [0.29, 0.717) is 6.61 Å². The maximum atomic E-state index is 5.42. The number of benzene rings is 1. The summed E-state index contributed by atoms with van der Waals surface area (Å²) in [5, 5.41) is 1.04. The molecule has 1 aliphatic heterocycles. The van der Waals surface area contributed by atoms with E-state index in [-0.39, 0.29) is 0 Å². The van der Waals surface area contributed by atoms with Crippen LogP contribution in [0.5, 0.6) is 5.75 Å². The summed E-state index contributed by atoms with van der Waals surface area (Å²) in [6.07, 6.45) is 3.50. The van der Waals surface area contributed by atoms with Crippen molar-refractivity contribution in [1.82, 2.24) is 4.98 Å². The number of hydrogen-bond donors (Lipinski definition) is 0. The summed E-state index contributed by atoms with van der Waals surface area (Å²) in [6.45, 7) is 0.535. The highest BCUT2D eigenvalue weighted by atomic mass is 16.5. The largest absolute Gasteiger partial charge is 0.484 e. The van der Waals surface area contributed by atoms with Crippen LogP contribution in [-0.2, 0) is 0 Å². The summed E-state index contributed by atoms with van der Waals surface area (Å²) in [5.41, 5.74) is 1.84. The summed E-state index contributed by atoms with van der Waals surface area (Å²) in [5.74, 6) is 0.770. The van der Waals surface area contributed by atoms with Gasteiger partial charge in [-0.15, -0.1) is 0 Å². The van der Waals surface area contributed by atoms with Crippen LogP contribution in [0, 0.1) is 0 Å². The number of rotatable bonds is 0. The summed E-state index contributed by atoms with van der Waals surface area (Å²) >= 11 is 0. The second-order valence-electron chi connectivity index (χ2n) is 3.11. The highest BCUT2D eigenvalue weighted by Crippen LogP contribution is 2.35. The van der Waals surface area contributed by atoms with Gasteiger partial charge in [-0.2, -0.15) is 0 Å². The quantitative estimate of drug-likeness (QED) is 0.629. The molecule has 0 unspecified atom stereocenters. The third kappa shape index (κ3) is 0.988. The van der Waals surface area contributed by atoms with Crippen molar-refractivity contribution in [3.05, 3.63) is 30.5 Å². The molecule has 3 nitrogen and oxygen atoms in total. The smallest absolute Gasteiger partial charge is 0.164 e. The van der Waals surface area contributed by atoms with E-state index >= 15 is 0 Å². The van der Waals surface area contributed by atoms with Gasteiger partial charge in [0.15, 0.2) is 5.75 Å². The minimum absolute atomic E-state index is 0.535. The predicted octanol–water partition coefficient (Wildman–Crippen LogP) is 2.33. The molecule has 1 aliphatic rings. The van der Waals surface area contributed by atoms with Gasteiger partial charge in [-0.25, -0.2) is 0 Å². The van der Waals surface area contributed by atoms with Crippen molar-refractivity contribution in [2.75, 3.05) is 6.61 Å². The molecule has 0 bridgehead atoms. The van der Waals surface area contributed by atoms with E-state index in [2.05, 4.69) is 9.98 Å². The maximum absolute atomic E-state index is 5.42. The van der Waals surface area contributed by atoms with E-state index in [0.717, 1.165) is 22.3 Å². The Labute approximate surface area is 81.1 Å². The molecule has 3 rings (SSSR count). The van der Waals surface area contributed by atoms with Crippen LogP contribution in [-0.4, -0.2) is 17.8 Å². The van der Waals surface area contributed by atoms with Crippen LogP contribution in [0.3, 0.4) is 0 Å². The molecule has 0 saturated carbocycles. The predicted molar refractivity (Wildman–Crippen MR) is 55.4 cm³/mol. The Balaban J connectivity index is 2.42. The van der Waals surface area contributed by atoms with Crippen molar-refractivity contribution >= 4 is 22.8 Å². The summed E-state index contributed by atoms with van der Waals surface area (Å²) < 4.78 is 5.42. The molecule has 0 aliphatic carbocycles. The van der Waals surface area contributed by atoms with Crippen LogP contribution in [0.2, 0.25) is 0 Å². The Morgan fingerprint density at radius 1 is 1.21 bits per heavy atom. The summed E-state index contributed by atoms with van der Waals surface area (Å²) in [7, 11) is 0. The maximum Gasteiger partial charge on any atom is 0.164 e. The number of ether oxygens (including phenoxy) is 1. The molecule has 0 atom stereocenters. The SMILES string of the molecule is C1=Nc2c(cnc3ccccc23)OC1. The fourth-order valence-electron chi connectivity index (χ4n) is 1.60. The molecule has 1 aromatic heterocycles. The molecule has 1 aromatic carbocycles. The number of pyridine rings is 1. The zero-order valence-electron chi connectivity index (χ0n) is 7.47. The molecular formula is C11H8N2O. The Bertz CT molecular complexity index is 520. The van der Waals surface area contributed by atoms with Gasteiger partial charge in [0, 0.05) is 11.6 Å². The minimum atomic E-state index is 0.535. The first-order valence-corrected chi connectivity index (χ1v) is 4.48. The highest BCUT2D eigenvalue weighted by Gasteiger charge is 2.10. The van der Waals surface area contributed by atoms with Gasteiger partial charge in [0.05, 0.1) is 11.7 Å². The lowest BCUT2D eigenvalue weighted by atomic mass is 10.2. The van der Waals surface area contributed by atoms with Crippen molar-refractivity contribution in [2.45, 2.75) is 0 Å². The number of hydrogen-bond acceptors (Lipinski definition) is 3. The number of fused-ring (bicyclic) bond motifs is 3. The topological polar surface area (TPSA) is 34.5 Å². The molecule has 68 valence electrons. The Morgan fingerprint density at radius 2 is 2.14 bits per heavy atom. The van der Waals surface area contributed by atoms with E-state index < -0.39 is 0 Å². The summed E-state index contributed by atoms with van der Waals surface area (Å²) in [4.78, 5) is 8.63. The van der Waals surface area contributed by atoms with Gasteiger partial charge in [-0.3, -0.25) is 9.98 Å². The first-order valence-electron chi connectivity index (χ1n) is 4.48. The monoisotopic (exact) mass is 184 g/mol. The fourth-order valence-corrected chi connectivity index (χ4v) is 1.60. The average molecular weight is 184 g/mol. The zero-order valence-corrected chi connectivity index (χ0v) is 7.47. The first kappa shape index (κ1) is 7.50. The number of para-hydroxylation sites is 1. The Kier molecular flexibility index (Phi) is 1.50. The van der Waals surface area contributed by atoms with Gasteiger partial charge in [0.2, 0.25) is 0 Å². The van der Waals surface area contributed by atoms with Gasteiger partial charge in [-0.1, -0.05) is 18.2 Å². The van der Waals surface area contributed by atoms with Crippen molar-refractivity contribution in [1.29, 1.82) is 0 Å². The van der Waals surface area contributed by atoms with Gasteiger partial charge in [0.1, 0.15) is 12.3 Å². The van der Waals surface area contributed by atoms with E-state index in [9.17, 15) is 0 Å². The first-order chi connectivity index (χ1) is 6.95. The minimum Gasteiger partial charge on any atom is -0.484 e. The van der Waals surface area contributed by atoms with Crippen molar-refractivity contribution in [3.8, 4) is 5.75 Å². The highest BCUT2D eigenvalue weighted by molar-refractivity contribution is 5.94. The molecule has 0 spiro atoms. The number of aromatic nitrogens is 1. The van der Waals surface area contributed by atoms with Crippen LogP contribution < -0.4 is 4.74 Å². The van der Waals surface area contributed by atoms with Crippen LogP contribution in [0.1, 0.15) is 0 Å². The molecule has 0 saturated heterocycles. The number of nitrogens with zero attached hydrogens (tertiary/aromatic N) is 2. The normalized spacial score (nSPS) is 13.7. The van der Waals surface area contributed by atoms with Gasteiger partial charge >= 0.3 is 0 Å². The zero-order chi connectivity index (χ0) is 9.38. The van der Waals surface area contributed by atoms with Crippen LogP contribution >= 0.6 is 0 Å². The molecule has 3 heteroatoms. The molecule has 0 amide bonds. The van der Waals surface area contributed by atoms with Crippen LogP contribution in [0.4, 0.5) is 5.69 Å². The van der Waals surface area contributed by atoms with E-state index in [1.165, 1.54) is 0 Å². The molecule has 14 heavy (non-hydrogen) atoms. The Morgan fingerprint density at radius 3 is 3.14 bits per heavy atom. The average Bonchev–Trinajstić information content (AvgIpc) is 2.29. The lowest BCUT2D eigenvalue weighted by Gasteiger charge is -2.12. The third-order valence-corrected chi connectivity index (χ3v) is 2.25. The van der Waals surface area contributed by atoms with Gasteiger partial charge in [0.25, 0.3) is 0 Å². The fraction of sp³-hybridized carbons (Fsp3) is 0.0909. The van der Waals surface area contributed by atoms with Crippen molar-refractivity contribution in [2.24, 2.45) is 4.99 Å². The van der Waals surface area contributed by atoms with E-state index in [1.807, 2.05) is 24.3 Å². The second-order valence-corrected chi connectivity index (χ2v) is 3.11. The van der Waals surface area contributed by atoms with Gasteiger partial charge < -0.3 is 4.74 Å². The number of aliphatic imine (C=N–C) groups is 1. The third-order valence-electron chi connectivity index (χ3n) is 2.25. The van der Waals surface area contributed by atoms with Crippen molar-refractivity contribution < 1.29 is 4.74 Å². The Hall–Kier alpha value is -1.90. The van der Waals surface area contributed by atoms with Crippen LogP contribution in [0.25, 0.3) is 10.9 Å². The molecular weight excluding hydrogens is 176 g/mol. The van der Waals surface area contributed by atoms with E-state index in [1.54, 1.807) is 12.4 Å². The van der Waals surface area contributed by atoms with Crippen LogP contribution in [0.15, 0.2) is 35.5 Å². The van der Waals surface area contributed by atoms with Crippen molar-refractivity contribution in [3.63, 3.8) is 0 Å². The second kappa shape index (κ2) is 2.80.